The molecule has 2 atom stereocenters. The lowest BCUT2D eigenvalue weighted by Gasteiger charge is -2.36. The van der Waals surface area contributed by atoms with E-state index in [2.05, 4.69) is 10.6 Å². The average Bonchev–Trinajstić information content (AvgIpc) is 2.82. The molecule has 2 aromatic rings. The molecule has 1 aliphatic heterocycles. The fourth-order valence-corrected chi connectivity index (χ4v) is 4.08. The Morgan fingerprint density at radius 3 is 1.91 bits per heavy atom. The molecule has 0 unspecified atom stereocenters. The fourth-order valence-electron chi connectivity index (χ4n) is 4.08. The van der Waals surface area contributed by atoms with E-state index in [-0.39, 0.29) is 29.7 Å². The molecule has 1 fully saturated rings. The number of amides is 3. The normalized spacial score (nSPS) is 16.1. The van der Waals surface area contributed by atoms with Gasteiger partial charge in [0.15, 0.2) is 0 Å². The number of hydrogen-bond acceptors (Lipinski definition) is 3. The van der Waals surface area contributed by atoms with Gasteiger partial charge in [-0.25, -0.2) is 0 Å². The van der Waals surface area contributed by atoms with Crippen molar-refractivity contribution < 1.29 is 14.4 Å². The minimum Gasteiger partial charge on any atom is -0.352 e. The third-order valence-electron chi connectivity index (χ3n) is 6.48. The van der Waals surface area contributed by atoms with E-state index >= 15 is 0 Å². The van der Waals surface area contributed by atoms with E-state index in [4.69, 9.17) is 0 Å². The first kappa shape index (κ1) is 24.5. The van der Waals surface area contributed by atoms with Crippen molar-refractivity contribution in [2.24, 2.45) is 5.92 Å². The Morgan fingerprint density at radius 2 is 1.39 bits per heavy atom. The van der Waals surface area contributed by atoms with Crippen LogP contribution in [0.2, 0.25) is 0 Å². The zero-order valence-electron chi connectivity index (χ0n) is 20.1. The van der Waals surface area contributed by atoms with Gasteiger partial charge in [-0.1, -0.05) is 42.3 Å². The van der Waals surface area contributed by atoms with Crippen molar-refractivity contribution in [1.82, 2.24) is 15.5 Å². The van der Waals surface area contributed by atoms with Crippen molar-refractivity contribution in [3.8, 4) is 0 Å². The van der Waals surface area contributed by atoms with Crippen LogP contribution in [0.1, 0.15) is 65.0 Å². The molecule has 0 radical (unpaired) electrons. The van der Waals surface area contributed by atoms with E-state index in [9.17, 15) is 14.4 Å². The van der Waals surface area contributed by atoms with Crippen LogP contribution in [0.15, 0.2) is 48.5 Å². The summed E-state index contributed by atoms with van der Waals surface area (Å²) < 4.78 is 0. The van der Waals surface area contributed by atoms with E-state index in [0.29, 0.717) is 37.1 Å². The van der Waals surface area contributed by atoms with E-state index in [1.54, 1.807) is 12.1 Å². The predicted molar refractivity (Wildman–Crippen MR) is 130 cm³/mol. The Labute approximate surface area is 196 Å². The summed E-state index contributed by atoms with van der Waals surface area (Å²) in [4.78, 5) is 40.7. The number of aryl methyl sites for hydroxylation is 2. The summed E-state index contributed by atoms with van der Waals surface area (Å²) in [5.74, 6) is -0.436. The maximum Gasteiger partial charge on any atom is 0.253 e. The lowest BCUT2D eigenvalue weighted by atomic mass is 9.88. The largest absolute Gasteiger partial charge is 0.352 e. The van der Waals surface area contributed by atoms with Crippen LogP contribution in [0.5, 0.6) is 0 Å². The lowest BCUT2D eigenvalue weighted by molar-refractivity contribution is -0.125. The van der Waals surface area contributed by atoms with Gasteiger partial charge in [0.25, 0.3) is 11.8 Å². The highest BCUT2D eigenvalue weighted by atomic mass is 16.2. The molecule has 1 heterocycles. The first-order chi connectivity index (χ1) is 15.8. The smallest absolute Gasteiger partial charge is 0.253 e. The number of carbonyl (C=O) groups is 3. The van der Waals surface area contributed by atoms with Crippen molar-refractivity contribution in [2.75, 3.05) is 13.1 Å². The number of rotatable bonds is 7. The van der Waals surface area contributed by atoms with Crippen molar-refractivity contribution in [3.05, 3.63) is 70.8 Å². The second kappa shape index (κ2) is 11.1. The topological polar surface area (TPSA) is 78.5 Å². The Hall–Kier alpha value is -3.15. The number of hydrogen-bond donors (Lipinski definition) is 2. The lowest BCUT2D eigenvalue weighted by Crippen LogP contribution is -2.55. The zero-order valence-corrected chi connectivity index (χ0v) is 20.1. The van der Waals surface area contributed by atoms with Crippen molar-refractivity contribution in [3.63, 3.8) is 0 Å². The van der Waals surface area contributed by atoms with Crippen LogP contribution < -0.4 is 10.6 Å². The average molecular weight is 450 g/mol. The molecule has 1 saturated heterocycles. The summed E-state index contributed by atoms with van der Waals surface area (Å²) in [6, 6.07) is 14.3. The molecule has 0 spiro atoms. The van der Waals surface area contributed by atoms with Crippen molar-refractivity contribution in [2.45, 2.75) is 59.0 Å². The molecular formula is C27H35N3O3. The molecule has 2 aromatic carbocycles. The SMILES string of the molecule is CC[C@@H](C)NC(=O)[C@@H](NC(=O)c1ccc(C)cc1)C1CCN(C(=O)c2ccc(C)cc2)CC1. The number of likely N-dealkylation sites (tertiary alicyclic amines) is 1. The Morgan fingerprint density at radius 1 is 0.879 bits per heavy atom. The molecule has 3 rings (SSSR count). The van der Waals surface area contributed by atoms with Gasteiger partial charge in [0.05, 0.1) is 0 Å². The summed E-state index contributed by atoms with van der Waals surface area (Å²) in [6.45, 7) is 9.06. The zero-order chi connectivity index (χ0) is 24.0. The van der Waals surface area contributed by atoms with Gasteiger partial charge in [-0.05, 0) is 70.2 Å². The van der Waals surface area contributed by atoms with Gasteiger partial charge in [0, 0.05) is 30.3 Å². The number of benzene rings is 2. The van der Waals surface area contributed by atoms with Crippen molar-refractivity contribution in [1.29, 1.82) is 0 Å². The molecule has 3 amide bonds. The van der Waals surface area contributed by atoms with Crippen LogP contribution in [0.3, 0.4) is 0 Å². The van der Waals surface area contributed by atoms with Crippen LogP contribution in [0, 0.1) is 19.8 Å². The molecule has 0 aromatic heterocycles. The third kappa shape index (κ3) is 6.44. The third-order valence-corrected chi connectivity index (χ3v) is 6.48. The molecule has 0 aliphatic carbocycles. The van der Waals surface area contributed by atoms with Gasteiger partial charge in [-0.15, -0.1) is 0 Å². The van der Waals surface area contributed by atoms with Crippen LogP contribution in [0.25, 0.3) is 0 Å². The van der Waals surface area contributed by atoms with Gasteiger partial charge in [-0.3, -0.25) is 14.4 Å². The number of nitrogens with zero attached hydrogens (tertiary/aromatic N) is 1. The number of carbonyl (C=O) groups excluding carboxylic acids is 3. The monoisotopic (exact) mass is 449 g/mol. The van der Waals surface area contributed by atoms with Gasteiger partial charge in [0.1, 0.15) is 6.04 Å². The number of nitrogens with one attached hydrogen (secondary N) is 2. The van der Waals surface area contributed by atoms with Gasteiger partial charge >= 0.3 is 0 Å². The van der Waals surface area contributed by atoms with E-state index in [1.165, 1.54) is 0 Å². The second-order valence-electron chi connectivity index (χ2n) is 9.13. The summed E-state index contributed by atoms with van der Waals surface area (Å²) >= 11 is 0. The van der Waals surface area contributed by atoms with Crippen molar-refractivity contribution >= 4 is 17.7 Å². The summed E-state index contributed by atoms with van der Waals surface area (Å²) in [6.07, 6.45) is 2.13. The first-order valence-corrected chi connectivity index (χ1v) is 11.8. The highest BCUT2D eigenvalue weighted by Crippen LogP contribution is 2.23. The molecular weight excluding hydrogens is 414 g/mol. The highest BCUT2D eigenvalue weighted by Gasteiger charge is 2.34. The molecule has 6 nitrogen and oxygen atoms in total. The van der Waals surface area contributed by atoms with Gasteiger partial charge in [-0.2, -0.15) is 0 Å². The molecule has 1 aliphatic rings. The Bertz CT molecular complexity index is 961. The quantitative estimate of drug-likeness (QED) is 0.674. The van der Waals surface area contributed by atoms with Crippen LogP contribution in [-0.4, -0.2) is 47.8 Å². The van der Waals surface area contributed by atoms with E-state index < -0.39 is 6.04 Å². The molecule has 176 valence electrons. The minimum absolute atomic E-state index is 0.0118. The van der Waals surface area contributed by atoms with E-state index in [1.807, 2.05) is 69.0 Å². The minimum atomic E-state index is -0.635. The Balaban J connectivity index is 1.69. The first-order valence-electron chi connectivity index (χ1n) is 11.8. The van der Waals surface area contributed by atoms with Gasteiger partial charge < -0.3 is 15.5 Å². The predicted octanol–water partition coefficient (Wildman–Crippen LogP) is 3.87. The standard InChI is InChI=1S/C27H35N3O3/c1-5-20(4)28-26(32)24(29-25(31)22-10-6-18(2)7-11-22)21-14-16-30(17-15-21)27(33)23-12-8-19(3)9-13-23/h6-13,20-21,24H,5,14-17H2,1-4H3,(H,28,32)(H,29,31)/t20-,24+/m1/s1. The molecule has 0 saturated carbocycles. The summed E-state index contributed by atoms with van der Waals surface area (Å²) in [5, 5.41) is 6.00. The fraction of sp³-hybridized carbons (Fsp3) is 0.444. The van der Waals surface area contributed by atoms with Gasteiger partial charge in [0.2, 0.25) is 5.91 Å². The maximum atomic E-state index is 13.1. The molecule has 33 heavy (non-hydrogen) atoms. The summed E-state index contributed by atoms with van der Waals surface area (Å²) in [5.41, 5.74) is 3.40. The Kier molecular flexibility index (Phi) is 8.26. The maximum absolute atomic E-state index is 13.1. The molecule has 0 bridgehead atoms. The van der Waals surface area contributed by atoms with E-state index in [0.717, 1.165) is 17.5 Å². The van der Waals surface area contributed by atoms with Crippen LogP contribution in [-0.2, 0) is 4.79 Å². The number of piperidine rings is 1. The molecule has 2 N–H and O–H groups in total. The van der Waals surface area contributed by atoms with Crippen LogP contribution >= 0.6 is 0 Å². The highest BCUT2D eigenvalue weighted by molar-refractivity contribution is 5.98. The van der Waals surface area contributed by atoms with Crippen LogP contribution in [0.4, 0.5) is 0 Å². The molecule has 6 heteroatoms. The second-order valence-corrected chi connectivity index (χ2v) is 9.13. The summed E-state index contributed by atoms with van der Waals surface area (Å²) in [7, 11) is 0.